The van der Waals surface area contributed by atoms with Gasteiger partial charge in [-0.2, -0.15) is 0 Å². The molecule has 1 N–H and O–H groups in total. The Balaban J connectivity index is 1.48. The molecule has 2 aromatic rings. The van der Waals surface area contributed by atoms with Gasteiger partial charge in [0, 0.05) is 39.5 Å². The molecule has 4 heteroatoms. The van der Waals surface area contributed by atoms with E-state index < -0.39 is 0 Å². The van der Waals surface area contributed by atoms with Gasteiger partial charge in [0.2, 0.25) is 0 Å². The van der Waals surface area contributed by atoms with Crippen LogP contribution in [0.15, 0.2) is 59.6 Å². The minimum Gasteiger partial charge on any atom is -0.490 e. The number of guanidine groups is 1. The molecule has 0 unspecified atom stereocenters. The van der Waals surface area contributed by atoms with Gasteiger partial charge in [0.15, 0.2) is 5.96 Å². The van der Waals surface area contributed by atoms with Crippen LogP contribution in [0.1, 0.15) is 24.0 Å². The summed E-state index contributed by atoms with van der Waals surface area (Å²) in [6, 6.07) is 18.7. The molecule has 2 aromatic carbocycles. The van der Waals surface area contributed by atoms with Crippen molar-refractivity contribution in [2.45, 2.75) is 32.4 Å². The maximum Gasteiger partial charge on any atom is 0.193 e. The number of hydrogen-bond acceptors (Lipinski definition) is 2. The molecule has 1 fully saturated rings. The van der Waals surface area contributed by atoms with Crippen LogP contribution in [-0.2, 0) is 6.54 Å². The molecule has 0 bridgehead atoms. The number of rotatable bonds is 4. The lowest BCUT2D eigenvalue weighted by Gasteiger charge is -2.34. The lowest BCUT2D eigenvalue weighted by atomic mass is 10.1. The average Bonchev–Trinajstić information content (AvgIpc) is 2.66. The lowest BCUT2D eigenvalue weighted by molar-refractivity contribution is 0.129. The Bertz CT molecular complexity index is 674. The predicted octanol–water partition coefficient (Wildman–Crippen LogP) is 3.61. The van der Waals surface area contributed by atoms with Gasteiger partial charge in [0.25, 0.3) is 0 Å². The minimum atomic E-state index is 0.286. The Morgan fingerprint density at radius 2 is 1.76 bits per heavy atom. The molecule has 3 rings (SSSR count). The molecule has 4 nitrogen and oxygen atoms in total. The fourth-order valence-corrected chi connectivity index (χ4v) is 3.10. The summed E-state index contributed by atoms with van der Waals surface area (Å²) >= 11 is 0. The molecule has 0 atom stereocenters. The summed E-state index contributed by atoms with van der Waals surface area (Å²) < 4.78 is 6.07. The maximum absolute atomic E-state index is 6.07. The standard InChI is InChI=1S/C21H27N3O/c1-17-8-10-18(11-9-17)16-23-21(22-2)24-14-12-20(13-15-24)25-19-6-4-3-5-7-19/h3-11,20H,12-16H2,1-2H3,(H,22,23). The summed E-state index contributed by atoms with van der Waals surface area (Å²) in [5.41, 5.74) is 2.56. The topological polar surface area (TPSA) is 36.9 Å². The Labute approximate surface area is 150 Å². The zero-order chi connectivity index (χ0) is 17.5. The molecule has 0 amide bonds. The van der Waals surface area contributed by atoms with Gasteiger partial charge in [-0.25, -0.2) is 0 Å². The van der Waals surface area contributed by atoms with E-state index in [9.17, 15) is 0 Å². The van der Waals surface area contributed by atoms with Crippen molar-refractivity contribution in [3.8, 4) is 5.75 Å². The molecule has 0 aromatic heterocycles. The van der Waals surface area contributed by atoms with E-state index in [4.69, 9.17) is 4.74 Å². The van der Waals surface area contributed by atoms with Crippen LogP contribution in [0.5, 0.6) is 5.75 Å². The van der Waals surface area contributed by atoms with E-state index in [1.54, 1.807) is 0 Å². The number of hydrogen-bond donors (Lipinski definition) is 1. The van der Waals surface area contributed by atoms with Crippen LogP contribution in [0, 0.1) is 6.92 Å². The number of likely N-dealkylation sites (tertiary alicyclic amines) is 1. The van der Waals surface area contributed by atoms with Gasteiger partial charge in [-0.1, -0.05) is 48.0 Å². The molecule has 132 valence electrons. The summed E-state index contributed by atoms with van der Waals surface area (Å²) in [6.07, 6.45) is 2.31. The number of piperidine rings is 1. The molecule has 0 saturated carbocycles. The van der Waals surface area contributed by atoms with Crippen LogP contribution < -0.4 is 10.1 Å². The number of nitrogens with one attached hydrogen (secondary N) is 1. The van der Waals surface area contributed by atoms with Crippen molar-refractivity contribution < 1.29 is 4.74 Å². The van der Waals surface area contributed by atoms with Crippen molar-refractivity contribution in [1.29, 1.82) is 0 Å². The summed E-state index contributed by atoms with van der Waals surface area (Å²) in [7, 11) is 1.85. The smallest absolute Gasteiger partial charge is 0.193 e. The summed E-state index contributed by atoms with van der Waals surface area (Å²) in [6.45, 7) is 4.83. The van der Waals surface area contributed by atoms with Gasteiger partial charge in [0.05, 0.1) is 0 Å². The summed E-state index contributed by atoms with van der Waals surface area (Å²) in [5, 5.41) is 3.47. The molecular formula is C21H27N3O. The fourth-order valence-electron chi connectivity index (χ4n) is 3.10. The van der Waals surface area contributed by atoms with Crippen molar-refractivity contribution in [3.05, 3.63) is 65.7 Å². The zero-order valence-electron chi connectivity index (χ0n) is 15.1. The molecule has 1 saturated heterocycles. The number of nitrogens with zero attached hydrogens (tertiary/aromatic N) is 2. The SMILES string of the molecule is CN=C(NCc1ccc(C)cc1)N1CCC(Oc2ccccc2)CC1. The molecule has 0 radical (unpaired) electrons. The largest absolute Gasteiger partial charge is 0.490 e. The van der Waals surface area contributed by atoms with E-state index in [1.165, 1.54) is 11.1 Å². The van der Waals surface area contributed by atoms with Crippen LogP contribution in [0.3, 0.4) is 0 Å². The number of aliphatic imine (C=N–C) groups is 1. The highest BCUT2D eigenvalue weighted by molar-refractivity contribution is 5.79. The predicted molar refractivity (Wildman–Crippen MR) is 103 cm³/mol. The van der Waals surface area contributed by atoms with Gasteiger partial charge in [0.1, 0.15) is 11.9 Å². The van der Waals surface area contributed by atoms with Gasteiger partial charge < -0.3 is 15.0 Å². The van der Waals surface area contributed by atoms with Gasteiger partial charge in [-0.15, -0.1) is 0 Å². The van der Waals surface area contributed by atoms with Crippen LogP contribution in [0.25, 0.3) is 0 Å². The van der Waals surface area contributed by atoms with Gasteiger partial charge >= 0.3 is 0 Å². The number of ether oxygens (including phenoxy) is 1. The molecule has 1 heterocycles. The van der Waals surface area contributed by atoms with Gasteiger partial charge in [-0.05, 0) is 24.6 Å². The zero-order valence-corrected chi connectivity index (χ0v) is 15.1. The van der Waals surface area contributed by atoms with E-state index >= 15 is 0 Å². The summed E-state index contributed by atoms with van der Waals surface area (Å²) in [5.74, 6) is 1.93. The lowest BCUT2D eigenvalue weighted by Crippen LogP contribution is -2.47. The van der Waals surface area contributed by atoms with E-state index in [0.717, 1.165) is 44.2 Å². The van der Waals surface area contributed by atoms with E-state index in [0.29, 0.717) is 0 Å². The van der Waals surface area contributed by atoms with E-state index in [1.807, 2.05) is 37.4 Å². The second-order valence-electron chi connectivity index (χ2n) is 6.50. The second-order valence-corrected chi connectivity index (χ2v) is 6.50. The first kappa shape index (κ1) is 17.3. The van der Waals surface area contributed by atoms with Crippen molar-refractivity contribution in [2.24, 2.45) is 4.99 Å². The van der Waals surface area contributed by atoms with Crippen LogP contribution in [0.2, 0.25) is 0 Å². The molecular weight excluding hydrogens is 310 g/mol. The van der Waals surface area contributed by atoms with Crippen molar-refractivity contribution >= 4 is 5.96 Å². The first-order chi connectivity index (χ1) is 12.2. The Kier molecular flexibility index (Phi) is 5.94. The van der Waals surface area contributed by atoms with Crippen LogP contribution in [-0.4, -0.2) is 37.1 Å². The molecule has 0 spiro atoms. The van der Waals surface area contributed by atoms with Crippen LogP contribution in [0.4, 0.5) is 0 Å². The highest BCUT2D eigenvalue weighted by Gasteiger charge is 2.22. The fraction of sp³-hybridized carbons (Fsp3) is 0.381. The highest BCUT2D eigenvalue weighted by atomic mass is 16.5. The Morgan fingerprint density at radius 3 is 2.40 bits per heavy atom. The van der Waals surface area contributed by atoms with Crippen molar-refractivity contribution in [2.75, 3.05) is 20.1 Å². The Hall–Kier alpha value is -2.49. The number of aryl methyl sites for hydroxylation is 1. The van der Waals surface area contributed by atoms with Crippen molar-refractivity contribution in [1.82, 2.24) is 10.2 Å². The highest BCUT2D eigenvalue weighted by Crippen LogP contribution is 2.18. The monoisotopic (exact) mass is 337 g/mol. The number of para-hydroxylation sites is 1. The first-order valence-electron chi connectivity index (χ1n) is 8.97. The summed E-state index contributed by atoms with van der Waals surface area (Å²) in [4.78, 5) is 6.76. The van der Waals surface area contributed by atoms with E-state index in [2.05, 4.69) is 46.4 Å². The second kappa shape index (κ2) is 8.56. The van der Waals surface area contributed by atoms with Gasteiger partial charge in [-0.3, -0.25) is 4.99 Å². The number of benzene rings is 2. The third-order valence-electron chi connectivity index (χ3n) is 4.57. The molecule has 25 heavy (non-hydrogen) atoms. The Morgan fingerprint density at radius 1 is 1.08 bits per heavy atom. The quantitative estimate of drug-likeness (QED) is 0.684. The van der Waals surface area contributed by atoms with E-state index in [-0.39, 0.29) is 6.10 Å². The molecule has 1 aliphatic rings. The molecule has 0 aliphatic carbocycles. The minimum absolute atomic E-state index is 0.286. The average molecular weight is 337 g/mol. The first-order valence-corrected chi connectivity index (χ1v) is 8.97. The third-order valence-corrected chi connectivity index (χ3v) is 4.57. The van der Waals surface area contributed by atoms with Crippen LogP contribution >= 0.6 is 0 Å². The maximum atomic E-state index is 6.07. The normalized spacial score (nSPS) is 15.9. The van der Waals surface area contributed by atoms with Crippen molar-refractivity contribution in [3.63, 3.8) is 0 Å². The third kappa shape index (κ3) is 4.99. The molecule has 1 aliphatic heterocycles.